The highest BCUT2D eigenvalue weighted by atomic mass is 32.1. The average Bonchev–Trinajstić information content (AvgIpc) is 3.05. The van der Waals surface area contributed by atoms with Gasteiger partial charge in [-0.3, -0.25) is 0 Å². The molecule has 0 amide bonds. The van der Waals surface area contributed by atoms with Gasteiger partial charge in [-0.2, -0.15) is 4.98 Å². The maximum Gasteiger partial charge on any atom is 0.230 e. The minimum absolute atomic E-state index is 0.757. The number of likely N-dealkylation sites (tertiary alicyclic amines) is 1. The predicted molar refractivity (Wildman–Crippen MR) is 84.9 cm³/mol. The number of hydrogen-bond donors (Lipinski definition) is 1. The van der Waals surface area contributed by atoms with E-state index in [0.717, 1.165) is 30.0 Å². The zero-order valence-corrected chi connectivity index (χ0v) is 13.8. The molecule has 0 radical (unpaired) electrons. The maximum absolute atomic E-state index is 5.36. The average molecular weight is 298 g/mol. The van der Waals surface area contributed by atoms with Crippen molar-refractivity contribution in [3.8, 4) is 5.88 Å². The lowest BCUT2D eigenvalue weighted by Gasteiger charge is -2.13. The Morgan fingerprint density at radius 2 is 2.30 bits per heavy atom. The molecule has 1 aromatic rings. The van der Waals surface area contributed by atoms with Gasteiger partial charge in [0.25, 0.3) is 0 Å². The smallest absolute Gasteiger partial charge is 0.230 e. The van der Waals surface area contributed by atoms with Gasteiger partial charge >= 0.3 is 0 Å². The van der Waals surface area contributed by atoms with Crippen molar-refractivity contribution >= 4 is 16.5 Å². The van der Waals surface area contributed by atoms with Crippen molar-refractivity contribution in [3.05, 3.63) is 4.88 Å². The quantitative estimate of drug-likeness (QED) is 0.829. The molecular formula is C14H26N4OS. The molecule has 5 nitrogen and oxygen atoms in total. The van der Waals surface area contributed by atoms with E-state index >= 15 is 0 Å². The van der Waals surface area contributed by atoms with Crippen molar-refractivity contribution < 1.29 is 4.74 Å². The Hall–Kier alpha value is -0.850. The first kappa shape index (κ1) is 15.5. The van der Waals surface area contributed by atoms with Crippen LogP contribution in [0.1, 0.15) is 18.2 Å². The lowest BCUT2D eigenvalue weighted by atomic mass is 10.1. The number of hydrogen-bond acceptors (Lipinski definition) is 6. The fourth-order valence-corrected chi connectivity index (χ4v) is 3.47. The number of nitrogens with zero attached hydrogens (tertiary/aromatic N) is 3. The zero-order valence-electron chi connectivity index (χ0n) is 13.0. The molecule has 20 heavy (non-hydrogen) atoms. The summed E-state index contributed by atoms with van der Waals surface area (Å²) >= 11 is 1.70. The van der Waals surface area contributed by atoms with Crippen molar-refractivity contribution in [3.63, 3.8) is 0 Å². The summed E-state index contributed by atoms with van der Waals surface area (Å²) in [5, 5.41) is 4.56. The predicted octanol–water partition coefficient (Wildman–Crippen LogP) is 1.65. The topological polar surface area (TPSA) is 40.6 Å². The van der Waals surface area contributed by atoms with E-state index in [9.17, 15) is 0 Å². The largest absolute Gasteiger partial charge is 0.480 e. The van der Waals surface area contributed by atoms with E-state index in [4.69, 9.17) is 4.74 Å². The molecule has 2 rings (SSSR count). The van der Waals surface area contributed by atoms with Crippen LogP contribution < -0.4 is 15.0 Å². The molecule has 1 saturated heterocycles. The molecule has 0 aliphatic carbocycles. The van der Waals surface area contributed by atoms with Crippen LogP contribution in [-0.2, 0) is 6.54 Å². The monoisotopic (exact) mass is 298 g/mol. The number of nitrogens with one attached hydrogen (secondary N) is 1. The summed E-state index contributed by atoms with van der Waals surface area (Å²) in [6, 6.07) is 0. The Labute approximate surface area is 125 Å². The van der Waals surface area contributed by atoms with Gasteiger partial charge in [-0.05, 0) is 32.0 Å². The molecule has 1 unspecified atom stereocenters. The molecule has 1 atom stereocenters. The van der Waals surface area contributed by atoms with E-state index < -0.39 is 0 Å². The second kappa shape index (κ2) is 7.24. The first-order valence-corrected chi connectivity index (χ1v) is 8.09. The van der Waals surface area contributed by atoms with Crippen molar-refractivity contribution in [2.24, 2.45) is 5.92 Å². The highest BCUT2D eigenvalue weighted by molar-refractivity contribution is 7.15. The van der Waals surface area contributed by atoms with Crippen LogP contribution in [0.15, 0.2) is 0 Å². The molecule has 0 bridgehead atoms. The van der Waals surface area contributed by atoms with Crippen LogP contribution in [0.4, 0.5) is 5.13 Å². The third-order valence-corrected chi connectivity index (χ3v) is 4.97. The number of rotatable bonds is 7. The second-order valence-electron chi connectivity index (χ2n) is 5.50. The Morgan fingerprint density at radius 1 is 1.50 bits per heavy atom. The first-order chi connectivity index (χ1) is 9.63. The molecular weight excluding hydrogens is 272 g/mol. The number of anilines is 1. The van der Waals surface area contributed by atoms with Crippen molar-refractivity contribution in [2.45, 2.75) is 19.9 Å². The highest BCUT2D eigenvalue weighted by Gasteiger charge is 2.21. The van der Waals surface area contributed by atoms with Crippen LogP contribution in [0.3, 0.4) is 0 Å². The SMILES string of the molecule is CCN1CCC(CNCc2sc(N(C)C)nc2OC)C1. The third-order valence-electron chi connectivity index (χ3n) is 3.76. The van der Waals surface area contributed by atoms with Gasteiger partial charge in [0.2, 0.25) is 5.88 Å². The van der Waals surface area contributed by atoms with E-state index in [1.165, 1.54) is 30.9 Å². The van der Waals surface area contributed by atoms with Gasteiger partial charge in [-0.25, -0.2) is 0 Å². The van der Waals surface area contributed by atoms with Crippen LogP contribution in [-0.4, -0.2) is 57.3 Å². The fourth-order valence-electron chi connectivity index (χ4n) is 2.54. The van der Waals surface area contributed by atoms with E-state index in [-0.39, 0.29) is 0 Å². The molecule has 1 N–H and O–H groups in total. The van der Waals surface area contributed by atoms with E-state index in [1.54, 1.807) is 18.4 Å². The minimum atomic E-state index is 0.757. The number of aromatic nitrogens is 1. The number of ether oxygens (including phenoxy) is 1. The molecule has 1 aliphatic rings. The normalized spacial score (nSPS) is 19.5. The van der Waals surface area contributed by atoms with Crippen LogP contribution in [0, 0.1) is 5.92 Å². The maximum atomic E-state index is 5.36. The van der Waals surface area contributed by atoms with Gasteiger partial charge in [0.05, 0.1) is 12.0 Å². The Kier molecular flexibility index (Phi) is 5.63. The molecule has 1 aliphatic heterocycles. The van der Waals surface area contributed by atoms with Crippen LogP contribution in [0.25, 0.3) is 0 Å². The summed E-state index contributed by atoms with van der Waals surface area (Å²) in [5.41, 5.74) is 0. The molecule has 1 fully saturated rings. The van der Waals surface area contributed by atoms with Gasteiger partial charge in [0.15, 0.2) is 5.13 Å². The standard InChI is InChI=1S/C14H26N4OS/c1-5-18-7-6-11(10-18)8-15-9-12-13(19-4)16-14(20-12)17(2)3/h11,15H,5-10H2,1-4H3. The third kappa shape index (κ3) is 3.84. The lowest BCUT2D eigenvalue weighted by molar-refractivity contribution is 0.338. The van der Waals surface area contributed by atoms with Crippen LogP contribution in [0.2, 0.25) is 0 Å². The first-order valence-electron chi connectivity index (χ1n) is 7.28. The van der Waals surface area contributed by atoms with Gasteiger partial charge in [0, 0.05) is 27.2 Å². The molecule has 0 spiro atoms. The summed E-state index contributed by atoms with van der Waals surface area (Å²) in [5.74, 6) is 1.54. The molecule has 6 heteroatoms. The summed E-state index contributed by atoms with van der Waals surface area (Å²) in [4.78, 5) is 10.2. The fraction of sp³-hybridized carbons (Fsp3) is 0.786. The molecule has 0 aromatic carbocycles. The van der Waals surface area contributed by atoms with E-state index in [2.05, 4.69) is 22.1 Å². The van der Waals surface area contributed by atoms with Crippen molar-refractivity contribution in [1.82, 2.24) is 15.2 Å². The molecule has 0 saturated carbocycles. The molecule has 2 heterocycles. The van der Waals surface area contributed by atoms with Gasteiger partial charge < -0.3 is 19.9 Å². The summed E-state index contributed by atoms with van der Waals surface area (Å²) in [6.45, 7) is 7.81. The minimum Gasteiger partial charge on any atom is -0.480 e. The number of thiazole rings is 1. The van der Waals surface area contributed by atoms with E-state index in [0.29, 0.717) is 0 Å². The van der Waals surface area contributed by atoms with Gasteiger partial charge in [-0.1, -0.05) is 18.3 Å². The Bertz CT molecular complexity index is 421. The lowest BCUT2D eigenvalue weighted by Crippen LogP contribution is -2.26. The zero-order chi connectivity index (χ0) is 14.5. The van der Waals surface area contributed by atoms with E-state index in [1.807, 2.05) is 19.0 Å². The summed E-state index contributed by atoms with van der Waals surface area (Å²) in [6.07, 6.45) is 1.31. The summed E-state index contributed by atoms with van der Waals surface area (Å²) < 4.78 is 5.36. The van der Waals surface area contributed by atoms with Crippen LogP contribution >= 0.6 is 11.3 Å². The van der Waals surface area contributed by atoms with Crippen molar-refractivity contribution in [1.29, 1.82) is 0 Å². The number of methoxy groups -OCH3 is 1. The van der Waals surface area contributed by atoms with Crippen molar-refractivity contribution in [2.75, 3.05) is 52.3 Å². The highest BCUT2D eigenvalue weighted by Crippen LogP contribution is 2.30. The summed E-state index contributed by atoms with van der Waals surface area (Å²) in [7, 11) is 5.70. The molecule has 1 aromatic heterocycles. The molecule has 114 valence electrons. The van der Waals surface area contributed by atoms with Gasteiger partial charge in [0.1, 0.15) is 0 Å². The second-order valence-corrected chi connectivity index (χ2v) is 6.56. The Morgan fingerprint density at radius 3 is 2.90 bits per heavy atom. The van der Waals surface area contributed by atoms with Gasteiger partial charge in [-0.15, -0.1) is 0 Å². The Balaban J connectivity index is 1.82. The van der Waals surface area contributed by atoms with Crippen LogP contribution in [0.5, 0.6) is 5.88 Å².